The van der Waals surface area contributed by atoms with Crippen LogP contribution in [0.15, 0.2) is 75.2 Å². The second-order valence-electron chi connectivity index (χ2n) is 5.94. The summed E-state index contributed by atoms with van der Waals surface area (Å²) in [6.07, 6.45) is 5.47. The minimum absolute atomic E-state index is 0.123. The predicted octanol–water partition coefficient (Wildman–Crippen LogP) is 4.83. The molecule has 0 saturated carbocycles. The minimum atomic E-state index is -0.331. The van der Waals surface area contributed by atoms with E-state index in [2.05, 4.69) is 20.3 Å². The summed E-state index contributed by atoms with van der Waals surface area (Å²) < 4.78 is 11.0. The lowest BCUT2D eigenvalue weighted by Gasteiger charge is -2.12. The van der Waals surface area contributed by atoms with Crippen molar-refractivity contribution >= 4 is 23.5 Å². The Balaban J connectivity index is 1.58. The molecule has 4 aromatic heterocycles. The average molecular weight is 394 g/mol. The number of hydrogen-bond acceptors (Lipinski definition) is 6. The number of nitrogens with zero attached hydrogens (tertiary/aromatic N) is 2. The number of anilines is 1. The van der Waals surface area contributed by atoms with Crippen LogP contribution < -0.4 is 5.32 Å². The fourth-order valence-corrected chi connectivity index (χ4v) is 3.61. The van der Waals surface area contributed by atoms with Crippen LogP contribution in [0.2, 0.25) is 0 Å². The number of H-pyrrole nitrogens is 1. The van der Waals surface area contributed by atoms with Crippen LogP contribution in [-0.2, 0) is 4.79 Å². The molecule has 7 nitrogen and oxygen atoms in total. The highest BCUT2D eigenvalue weighted by Gasteiger charge is 2.23. The standard InChI is InChI=1S/C20H18N4O3S/c1-2-15(19(25)22-16-9-3-4-10-21-16)28-20-23-17(13-7-5-11-26-13)18(24-20)14-8-6-12-27-14/h3-12,15H,2H2,1H3,(H,23,24)(H,21,22,25). The molecule has 0 radical (unpaired) electrons. The van der Waals surface area contributed by atoms with Crippen molar-refractivity contribution < 1.29 is 13.6 Å². The topological polar surface area (TPSA) is 97.0 Å². The predicted molar refractivity (Wildman–Crippen MR) is 107 cm³/mol. The van der Waals surface area contributed by atoms with Crippen molar-refractivity contribution in [2.75, 3.05) is 5.32 Å². The minimum Gasteiger partial charge on any atom is -0.463 e. The zero-order valence-electron chi connectivity index (χ0n) is 15.1. The van der Waals surface area contributed by atoms with Crippen LogP contribution in [-0.4, -0.2) is 26.1 Å². The number of amides is 1. The number of rotatable bonds is 7. The fourth-order valence-electron chi connectivity index (χ4n) is 2.70. The van der Waals surface area contributed by atoms with Crippen LogP contribution in [0.5, 0.6) is 0 Å². The van der Waals surface area contributed by atoms with Crippen LogP contribution in [0.4, 0.5) is 5.82 Å². The summed E-state index contributed by atoms with van der Waals surface area (Å²) in [4.78, 5) is 24.7. The smallest absolute Gasteiger partial charge is 0.239 e. The third-order valence-corrected chi connectivity index (χ3v) is 5.29. The quantitative estimate of drug-likeness (QED) is 0.436. The molecule has 0 aliphatic rings. The Kier molecular flexibility index (Phi) is 5.29. The molecule has 142 valence electrons. The van der Waals surface area contributed by atoms with E-state index >= 15 is 0 Å². The van der Waals surface area contributed by atoms with Gasteiger partial charge in [-0.3, -0.25) is 4.79 Å². The lowest BCUT2D eigenvalue weighted by Crippen LogP contribution is -2.25. The molecule has 0 aliphatic heterocycles. The van der Waals surface area contributed by atoms with Gasteiger partial charge in [0.25, 0.3) is 0 Å². The molecule has 8 heteroatoms. The van der Waals surface area contributed by atoms with Crippen LogP contribution >= 0.6 is 11.8 Å². The molecule has 1 unspecified atom stereocenters. The van der Waals surface area contributed by atoms with Gasteiger partial charge in [-0.15, -0.1) is 0 Å². The summed E-state index contributed by atoms with van der Waals surface area (Å²) >= 11 is 1.36. The zero-order chi connectivity index (χ0) is 19.3. The number of aromatic amines is 1. The van der Waals surface area contributed by atoms with Gasteiger partial charge in [0.1, 0.15) is 17.2 Å². The first-order valence-electron chi connectivity index (χ1n) is 8.81. The maximum absolute atomic E-state index is 12.6. The van der Waals surface area contributed by atoms with E-state index in [0.29, 0.717) is 40.3 Å². The molecule has 2 N–H and O–H groups in total. The van der Waals surface area contributed by atoms with Crippen LogP contribution in [0, 0.1) is 0 Å². The van der Waals surface area contributed by atoms with Gasteiger partial charge < -0.3 is 19.1 Å². The van der Waals surface area contributed by atoms with Crippen molar-refractivity contribution in [3.63, 3.8) is 0 Å². The van der Waals surface area contributed by atoms with E-state index in [0.717, 1.165) is 0 Å². The molecule has 0 saturated heterocycles. The molecule has 0 spiro atoms. The van der Waals surface area contributed by atoms with E-state index in [1.807, 2.05) is 31.2 Å². The molecule has 4 aromatic rings. The number of nitrogens with one attached hydrogen (secondary N) is 2. The van der Waals surface area contributed by atoms with E-state index in [9.17, 15) is 4.79 Å². The first-order chi connectivity index (χ1) is 13.7. The Labute approximate surface area is 165 Å². The van der Waals surface area contributed by atoms with Gasteiger partial charge >= 0.3 is 0 Å². The Hall–Kier alpha value is -3.26. The molecule has 0 aliphatic carbocycles. The number of furan rings is 2. The van der Waals surface area contributed by atoms with Gasteiger partial charge in [0.15, 0.2) is 16.7 Å². The first-order valence-corrected chi connectivity index (χ1v) is 9.69. The second-order valence-corrected chi connectivity index (χ2v) is 7.13. The Morgan fingerprint density at radius 2 is 1.93 bits per heavy atom. The van der Waals surface area contributed by atoms with Crippen LogP contribution in [0.3, 0.4) is 0 Å². The highest BCUT2D eigenvalue weighted by molar-refractivity contribution is 8.00. The van der Waals surface area contributed by atoms with Crippen molar-refractivity contribution in [1.29, 1.82) is 0 Å². The molecule has 4 rings (SSSR count). The van der Waals surface area contributed by atoms with Crippen molar-refractivity contribution in [3.05, 3.63) is 61.2 Å². The number of hydrogen-bond donors (Lipinski definition) is 2. The Bertz CT molecular complexity index is 975. The lowest BCUT2D eigenvalue weighted by molar-refractivity contribution is -0.115. The number of carbonyl (C=O) groups excluding carboxylic acids is 1. The summed E-state index contributed by atoms with van der Waals surface area (Å²) in [5, 5.41) is 3.12. The molecule has 0 aromatic carbocycles. The van der Waals surface area contributed by atoms with Crippen molar-refractivity contribution in [3.8, 4) is 22.9 Å². The number of thioether (sulfide) groups is 1. The summed E-state index contributed by atoms with van der Waals surface area (Å²) in [6.45, 7) is 1.96. The monoisotopic (exact) mass is 394 g/mol. The average Bonchev–Trinajstić information content (AvgIpc) is 3.47. The number of aromatic nitrogens is 3. The third-order valence-electron chi connectivity index (χ3n) is 4.04. The van der Waals surface area contributed by atoms with Gasteiger partial charge in [0.05, 0.1) is 17.8 Å². The fraction of sp³-hybridized carbons (Fsp3) is 0.150. The van der Waals surface area contributed by atoms with Crippen molar-refractivity contribution in [1.82, 2.24) is 15.0 Å². The van der Waals surface area contributed by atoms with Gasteiger partial charge in [-0.25, -0.2) is 9.97 Å². The molecular weight excluding hydrogens is 376 g/mol. The second kappa shape index (κ2) is 8.18. The SMILES string of the molecule is CCC(Sc1nc(-c2ccco2)c(-c2ccco2)[nH]1)C(=O)Nc1ccccn1. The largest absolute Gasteiger partial charge is 0.463 e. The Morgan fingerprint density at radius 1 is 1.14 bits per heavy atom. The maximum atomic E-state index is 12.6. The number of carbonyl (C=O) groups is 1. The van der Waals surface area contributed by atoms with Crippen molar-refractivity contribution in [2.24, 2.45) is 0 Å². The van der Waals surface area contributed by atoms with Crippen molar-refractivity contribution in [2.45, 2.75) is 23.8 Å². The summed E-state index contributed by atoms with van der Waals surface area (Å²) in [6, 6.07) is 12.7. The van der Waals surface area contributed by atoms with E-state index in [1.54, 1.807) is 36.9 Å². The molecule has 0 bridgehead atoms. The summed E-state index contributed by atoms with van der Waals surface area (Å²) in [7, 11) is 0. The van der Waals surface area contributed by atoms with Gasteiger partial charge in [-0.05, 0) is 42.8 Å². The van der Waals surface area contributed by atoms with E-state index in [-0.39, 0.29) is 11.2 Å². The molecule has 4 heterocycles. The summed E-state index contributed by atoms with van der Waals surface area (Å²) in [5.74, 6) is 1.68. The zero-order valence-corrected chi connectivity index (χ0v) is 15.9. The van der Waals surface area contributed by atoms with Gasteiger partial charge in [0, 0.05) is 6.20 Å². The maximum Gasteiger partial charge on any atom is 0.239 e. The van der Waals surface area contributed by atoms with Gasteiger partial charge in [-0.1, -0.05) is 24.8 Å². The molecule has 1 amide bonds. The first kappa shape index (κ1) is 18.1. The normalized spacial score (nSPS) is 12.0. The molecule has 28 heavy (non-hydrogen) atoms. The lowest BCUT2D eigenvalue weighted by atomic mass is 10.2. The van der Waals surface area contributed by atoms with Gasteiger partial charge in [0.2, 0.25) is 5.91 Å². The van der Waals surface area contributed by atoms with Gasteiger partial charge in [-0.2, -0.15) is 0 Å². The molecular formula is C20H18N4O3S. The number of imidazole rings is 1. The molecule has 0 fully saturated rings. The third kappa shape index (κ3) is 3.86. The van der Waals surface area contributed by atoms with Crippen LogP contribution in [0.1, 0.15) is 13.3 Å². The van der Waals surface area contributed by atoms with E-state index < -0.39 is 0 Å². The van der Waals surface area contributed by atoms with E-state index in [1.165, 1.54) is 11.8 Å². The Morgan fingerprint density at radius 3 is 2.57 bits per heavy atom. The molecule has 1 atom stereocenters. The highest BCUT2D eigenvalue weighted by atomic mass is 32.2. The highest BCUT2D eigenvalue weighted by Crippen LogP contribution is 2.34. The summed E-state index contributed by atoms with van der Waals surface area (Å²) in [5.41, 5.74) is 1.35. The van der Waals surface area contributed by atoms with Crippen LogP contribution in [0.25, 0.3) is 22.9 Å². The van der Waals surface area contributed by atoms with E-state index in [4.69, 9.17) is 8.83 Å². The number of pyridine rings is 1.